The Balaban J connectivity index is 1.47. The van der Waals surface area contributed by atoms with E-state index in [1.54, 1.807) is 12.4 Å². The zero-order chi connectivity index (χ0) is 21.0. The van der Waals surface area contributed by atoms with Crippen LogP contribution in [0.2, 0.25) is 0 Å². The summed E-state index contributed by atoms with van der Waals surface area (Å²) in [5.74, 6) is 2.80. The Bertz CT molecular complexity index is 1150. The molecule has 1 unspecified atom stereocenters. The van der Waals surface area contributed by atoms with Crippen LogP contribution in [0, 0.1) is 17.3 Å². The van der Waals surface area contributed by atoms with Gasteiger partial charge in [0.15, 0.2) is 11.4 Å². The molecule has 3 aromatic rings. The first-order valence-corrected chi connectivity index (χ1v) is 11.9. The lowest BCUT2D eigenvalue weighted by atomic mass is 9.87. The van der Waals surface area contributed by atoms with Crippen molar-refractivity contribution in [1.29, 1.82) is 0 Å². The molecular weight excluding hydrogens is 396 g/mol. The van der Waals surface area contributed by atoms with Crippen LogP contribution in [0.25, 0.3) is 22.4 Å². The van der Waals surface area contributed by atoms with Gasteiger partial charge in [-0.25, -0.2) is 9.97 Å². The maximum atomic E-state index is 12.8. The molecule has 6 nitrogen and oxygen atoms in total. The Morgan fingerprint density at radius 3 is 2.63 bits per heavy atom. The molecule has 30 heavy (non-hydrogen) atoms. The average Bonchev–Trinajstić information content (AvgIpc) is 3.38. The largest absolute Gasteiger partial charge is 0.371 e. The summed E-state index contributed by atoms with van der Waals surface area (Å²) < 4.78 is 11.8. The van der Waals surface area contributed by atoms with Gasteiger partial charge in [0.25, 0.3) is 0 Å². The number of nitrogens with zero attached hydrogens (tertiary/aromatic N) is 3. The normalized spacial score (nSPS) is 23.8. The van der Waals surface area contributed by atoms with Crippen molar-refractivity contribution in [1.82, 2.24) is 15.0 Å². The van der Waals surface area contributed by atoms with E-state index in [0.717, 1.165) is 41.5 Å². The van der Waals surface area contributed by atoms with Crippen molar-refractivity contribution in [3.05, 3.63) is 42.2 Å². The smallest absolute Gasteiger partial charge is 0.171 e. The molecule has 1 N–H and O–H groups in total. The number of carbonyl (C=O) groups excluding carboxylic acids is 1. The lowest BCUT2D eigenvalue weighted by Gasteiger charge is -2.20. The fourth-order valence-corrected chi connectivity index (χ4v) is 6.39. The van der Waals surface area contributed by atoms with E-state index in [2.05, 4.69) is 27.0 Å². The number of H-pyrrole nitrogens is 1. The highest BCUT2D eigenvalue weighted by molar-refractivity contribution is 7.85. The monoisotopic (exact) mass is 422 g/mol. The maximum Gasteiger partial charge on any atom is 0.171 e. The highest BCUT2D eigenvalue weighted by Gasteiger charge is 2.39. The highest BCUT2D eigenvalue weighted by Crippen LogP contribution is 2.35. The lowest BCUT2D eigenvalue weighted by molar-refractivity contribution is 0.0860. The van der Waals surface area contributed by atoms with Crippen LogP contribution in [0.15, 0.2) is 36.7 Å². The van der Waals surface area contributed by atoms with E-state index in [1.807, 2.05) is 32.9 Å². The quantitative estimate of drug-likeness (QED) is 0.652. The van der Waals surface area contributed by atoms with E-state index in [0.29, 0.717) is 28.6 Å². The lowest BCUT2D eigenvalue weighted by Crippen LogP contribution is -2.22. The number of aromatic amines is 1. The number of hydrogen-bond acceptors (Lipinski definition) is 5. The molecule has 0 radical (unpaired) electrons. The van der Waals surface area contributed by atoms with Crippen molar-refractivity contribution in [2.45, 2.75) is 20.8 Å². The van der Waals surface area contributed by atoms with Gasteiger partial charge in [-0.15, -0.1) is 0 Å². The van der Waals surface area contributed by atoms with Gasteiger partial charge in [-0.3, -0.25) is 9.00 Å². The number of aromatic nitrogens is 3. The molecule has 2 fully saturated rings. The summed E-state index contributed by atoms with van der Waals surface area (Å²) in [6.45, 7) is 7.67. The summed E-state index contributed by atoms with van der Waals surface area (Å²) in [5.41, 5.74) is 4.26. The molecule has 2 aliphatic rings. The number of carbonyl (C=O) groups is 1. The van der Waals surface area contributed by atoms with E-state index < -0.39 is 16.2 Å². The van der Waals surface area contributed by atoms with Crippen molar-refractivity contribution in [2.75, 3.05) is 29.5 Å². The summed E-state index contributed by atoms with van der Waals surface area (Å²) in [6, 6.07) is 8.34. The molecule has 5 rings (SSSR count). The van der Waals surface area contributed by atoms with Crippen molar-refractivity contribution >= 4 is 33.4 Å². The van der Waals surface area contributed by atoms with E-state index >= 15 is 0 Å². The molecule has 0 spiro atoms. The maximum absolute atomic E-state index is 12.8. The molecule has 0 aliphatic carbocycles. The van der Waals surface area contributed by atoms with Crippen molar-refractivity contribution < 1.29 is 9.00 Å². The molecule has 2 aliphatic heterocycles. The van der Waals surface area contributed by atoms with Gasteiger partial charge in [0.05, 0.1) is 17.5 Å². The number of nitrogens with one attached hydrogen (secondary N) is 1. The molecule has 156 valence electrons. The average molecular weight is 423 g/mol. The van der Waals surface area contributed by atoms with Crippen LogP contribution in [0.5, 0.6) is 0 Å². The number of rotatable bonds is 3. The Labute approximate surface area is 178 Å². The third-order valence-electron chi connectivity index (χ3n) is 6.19. The molecule has 7 heteroatoms. The fraction of sp³-hybridized carbons (Fsp3) is 0.435. The molecule has 0 saturated carbocycles. The van der Waals surface area contributed by atoms with Crippen LogP contribution in [0.1, 0.15) is 31.1 Å². The first-order chi connectivity index (χ1) is 14.3. The van der Waals surface area contributed by atoms with Crippen LogP contribution in [-0.4, -0.2) is 49.5 Å². The minimum atomic E-state index is -0.635. The topological polar surface area (TPSA) is 79.0 Å². The summed E-state index contributed by atoms with van der Waals surface area (Å²) in [6.07, 6.45) is 3.47. The van der Waals surface area contributed by atoms with E-state index in [4.69, 9.17) is 4.98 Å². The van der Waals surface area contributed by atoms with Gasteiger partial charge in [-0.1, -0.05) is 32.9 Å². The molecular formula is C23H26N4O2S. The molecule has 1 aromatic carbocycles. The number of Topliss-reactive ketones (excluding diaryl/α,β-unsaturated/α-hetero) is 1. The number of benzene rings is 1. The van der Waals surface area contributed by atoms with Crippen LogP contribution in [-0.2, 0) is 10.8 Å². The Morgan fingerprint density at radius 1 is 1.20 bits per heavy atom. The third kappa shape index (κ3) is 3.35. The van der Waals surface area contributed by atoms with Crippen LogP contribution < -0.4 is 4.90 Å². The second-order valence-electron chi connectivity index (χ2n) is 9.48. The van der Waals surface area contributed by atoms with Gasteiger partial charge in [0.1, 0.15) is 5.52 Å². The van der Waals surface area contributed by atoms with Crippen LogP contribution in [0.3, 0.4) is 0 Å². The first-order valence-electron chi connectivity index (χ1n) is 10.4. The highest BCUT2D eigenvalue weighted by atomic mass is 32.2. The SMILES string of the molecule is CC(C)(C)C(=O)c1c[nH]c2ncc(-c3cccc(N4C[C@@H]5CS(=O)C[C@@H]5C4)c3)nc12. The second kappa shape index (κ2) is 7.01. The molecule has 0 bridgehead atoms. The van der Waals surface area contributed by atoms with Crippen molar-refractivity contribution in [3.8, 4) is 11.3 Å². The van der Waals surface area contributed by atoms with E-state index in [-0.39, 0.29) is 5.78 Å². The molecule has 2 aromatic heterocycles. The van der Waals surface area contributed by atoms with Gasteiger partial charge in [-0.05, 0) is 24.0 Å². The van der Waals surface area contributed by atoms with Crippen LogP contribution >= 0.6 is 0 Å². The molecule has 2 saturated heterocycles. The molecule has 3 atom stereocenters. The second-order valence-corrected chi connectivity index (χ2v) is 11.0. The minimum Gasteiger partial charge on any atom is -0.371 e. The fourth-order valence-electron chi connectivity index (χ4n) is 4.54. The number of ketones is 1. The predicted octanol–water partition coefficient (Wildman–Crippen LogP) is 3.67. The Hall–Kier alpha value is -2.54. The minimum absolute atomic E-state index is 0.0509. The number of anilines is 1. The van der Waals surface area contributed by atoms with Gasteiger partial charge in [0.2, 0.25) is 0 Å². The summed E-state index contributed by atoms with van der Waals surface area (Å²) in [7, 11) is -0.635. The first kappa shape index (κ1) is 19.4. The van der Waals surface area contributed by atoms with E-state index in [9.17, 15) is 9.00 Å². The third-order valence-corrected chi connectivity index (χ3v) is 7.79. The van der Waals surface area contributed by atoms with Gasteiger partial charge >= 0.3 is 0 Å². The molecule has 4 heterocycles. The zero-order valence-corrected chi connectivity index (χ0v) is 18.3. The van der Waals surface area contributed by atoms with Crippen LogP contribution in [0.4, 0.5) is 5.69 Å². The van der Waals surface area contributed by atoms with Crippen molar-refractivity contribution in [2.24, 2.45) is 17.3 Å². The van der Waals surface area contributed by atoms with Gasteiger partial charge < -0.3 is 9.88 Å². The number of hydrogen-bond donors (Lipinski definition) is 1. The predicted molar refractivity (Wildman–Crippen MR) is 120 cm³/mol. The standard InChI is InChI=1S/C23H26N4O2S/c1-23(2,3)21(28)18-8-24-22-20(18)26-19(9-25-22)14-5-4-6-17(7-14)27-10-15-12-30(29)13-16(15)11-27/h4-9,15-16H,10-13H2,1-3H3,(H,24,25)/t15-,16+,30?. The summed E-state index contributed by atoms with van der Waals surface area (Å²) in [4.78, 5) is 27.6. The number of fused-ring (bicyclic) bond motifs is 2. The van der Waals surface area contributed by atoms with Gasteiger partial charge in [0, 0.05) is 58.3 Å². The van der Waals surface area contributed by atoms with Gasteiger partial charge in [-0.2, -0.15) is 0 Å². The summed E-state index contributed by atoms with van der Waals surface area (Å²) in [5, 5.41) is 0. The molecule has 0 amide bonds. The Morgan fingerprint density at radius 2 is 1.93 bits per heavy atom. The van der Waals surface area contributed by atoms with E-state index in [1.165, 1.54) is 0 Å². The van der Waals surface area contributed by atoms with Crippen molar-refractivity contribution in [3.63, 3.8) is 0 Å². The summed E-state index contributed by atoms with van der Waals surface area (Å²) >= 11 is 0. The zero-order valence-electron chi connectivity index (χ0n) is 17.5. The Kier molecular flexibility index (Phi) is 4.54.